The zero-order valence-electron chi connectivity index (χ0n) is 15.1. The van der Waals surface area contributed by atoms with Crippen LogP contribution in [-0.2, 0) is 13.0 Å². The fourth-order valence-corrected chi connectivity index (χ4v) is 2.83. The Hall–Kier alpha value is -1.16. The molecule has 0 spiro atoms. The highest BCUT2D eigenvalue weighted by atomic mass is 127. The minimum absolute atomic E-state index is 0. The number of aromatic nitrogens is 2. The van der Waals surface area contributed by atoms with Gasteiger partial charge in [0.15, 0.2) is 5.96 Å². The molecule has 2 aromatic rings. The summed E-state index contributed by atoms with van der Waals surface area (Å²) in [6.07, 6.45) is 5.28. The maximum atomic E-state index is 13.8. The van der Waals surface area contributed by atoms with E-state index in [4.69, 9.17) is 0 Å². The second-order valence-corrected chi connectivity index (χ2v) is 6.97. The quantitative estimate of drug-likeness (QED) is 0.233. The Kier molecular flexibility index (Phi) is 10.8. The monoisotopic (exact) mass is 537 g/mol. The summed E-state index contributed by atoms with van der Waals surface area (Å²) >= 11 is 3.27. The number of hydrogen-bond donors (Lipinski definition) is 2. The highest BCUT2D eigenvalue weighted by Crippen LogP contribution is 2.16. The molecule has 2 rings (SSSR count). The first-order chi connectivity index (χ1) is 12.1. The Morgan fingerprint density at radius 1 is 1.38 bits per heavy atom. The second-order valence-electron chi connectivity index (χ2n) is 6.05. The van der Waals surface area contributed by atoms with E-state index in [9.17, 15) is 4.39 Å². The van der Waals surface area contributed by atoms with Gasteiger partial charge in [-0.05, 0) is 42.5 Å². The molecule has 0 aliphatic carbocycles. The molecule has 1 aromatic heterocycles. The average molecular weight is 538 g/mol. The molecule has 0 saturated heterocycles. The molecule has 0 aliphatic heterocycles. The molecule has 1 unspecified atom stereocenters. The van der Waals surface area contributed by atoms with Crippen LogP contribution in [-0.4, -0.2) is 35.9 Å². The lowest BCUT2D eigenvalue weighted by Gasteiger charge is -2.16. The van der Waals surface area contributed by atoms with Gasteiger partial charge >= 0.3 is 0 Å². The van der Waals surface area contributed by atoms with Crippen LogP contribution >= 0.6 is 39.9 Å². The van der Waals surface area contributed by atoms with Crippen LogP contribution in [0, 0.1) is 11.7 Å². The summed E-state index contributed by atoms with van der Waals surface area (Å²) in [5, 5.41) is 10.8. The SMILES string of the molecule is CN=C(NCCCc1ccc(Br)cc1F)NCC(C)Cn1cccn1.I. The van der Waals surface area contributed by atoms with E-state index in [-0.39, 0.29) is 29.8 Å². The van der Waals surface area contributed by atoms with Gasteiger partial charge in [-0.3, -0.25) is 9.67 Å². The molecule has 0 saturated carbocycles. The highest BCUT2D eigenvalue weighted by molar-refractivity contribution is 14.0. The van der Waals surface area contributed by atoms with Gasteiger partial charge in [0.25, 0.3) is 0 Å². The maximum absolute atomic E-state index is 13.8. The average Bonchev–Trinajstić information content (AvgIpc) is 3.08. The molecule has 26 heavy (non-hydrogen) atoms. The third-order valence-electron chi connectivity index (χ3n) is 3.83. The van der Waals surface area contributed by atoms with Crippen LogP contribution in [0.15, 0.2) is 46.1 Å². The lowest BCUT2D eigenvalue weighted by Crippen LogP contribution is -2.40. The first-order valence-electron chi connectivity index (χ1n) is 8.44. The largest absolute Gasteiger partial charge is 0.356 e. The molecule has 0 fully saturated rings. The fraction of sp³-hybridized carbons (Fsp3) is 0.444. The minimum Gasteiger partial charge on any atom is -0.356 e. The van der Waals surface area contributed by atoms with Crippen molar-refractivity contribution in [2.75, 3.05) is 20.1 Å². The van der Waals surface area contributed by atoms with Gasteiger partial charge in [0.1, 0.15) is 5.82 Å². The number of nitrogens with one attached hydrogen (secondary N) is 2. The summed E-state index contributed by atoms with van der Waals surface area (Å²) in [6.45, 7) is 4.57. The molecule has 1 heterocycles. The molecular weight excluding hydrogens is 512 g/mol. The van der Waals surface area contributed by atoms with E-state index in [1.54, 1.807) is 13.2 Å². The molecule has 1 aromatic carbocycles. The van der Waals surface area contributed by atoms with Crippen molar-refractivity contribution < 1.29 is 4.39 Å². The second kappa shape index (κ2) is 12.3. The molecule has 1 atom stereocenters. The lowest BCUT2D eigenvalue weighted by molar-refractivity contribution is 0.443. The number of aliphatic imine (C=N–C) groups is 1. The molecule has 0 bridgehead atoms. The summed E-state index contributed by atoms with van der Waals surface area (Å²) in [5.74, 6) is 1.03. The maximum Gasteiger partial charge on any atom is 0.190 e. The van der Waals surface area contributed by atoms with E-state index in [0.29, 0.717) is 12.3 Å². The van der Waals surface area contributed by atoms with Crippen molar-refractivity contribution in [2.45, 2.75) is 26.3 Å². The van der Waals surface area contributed by atoms with Crippen molar-refractivity contribution >= 4 is 45.9 Å². The lowest BCUT2D eigenvalue weighted by atomic mass is 10.1. The van der Waals surface area contributed by atoms with Crippen molar-refractivity contribution in [1.29, 1.82) is 0 Å². The van der Waals surface area contributed by atoms with E-state index < -0.39 is 0 Å². The summed E-state index contributed by atoms with van der Waals surface area (Å²) in [6, 6.07) is 7.12. The Morgan fingerprint density at radius 2 is 2.19 bits per heavy atom. The molecule has 0 aliphatic rings. The van der Waals surface area contributed by atoms with Gasteiger partial charge < -0.3 is 10.6 Å². The van der Waals surface area contributed by atoms with Crippen LogP contribution in [0.5, 0.6) is 0 Å². The van der Waals surface area contributed by atoms with Crippen molar-refractivity contribution in [2.24, 2.45) is 10.9 Å². The molecule has 144 valence electrons. The van der Waals surface area contributed by atoms with Crippen LogP contribution in [0.2, 0.25) is 0 Å². The van der Waals surface area contributed by atoms with Gasteiger partial charge in [-0.25, -0.2) is 4.39 Å². The number of hydrogen-bond acceptors (Lipinski definition) is 2. The van der Waals surface area contributed by atoms with Crippen LogP contribution < -0.4 is 10.6 Å². The van der Waals surface area contributed by atoms with Crippen molar-refractivity contribution in [1.82, 2.24) is 20.4 Å². The normalized spacial score (nSPS) is 12.4. The third-order valence-corrected chi connectivity index (χ3v) is 4.32. The number of aryl methyl sites for hydroxylation is 1. The zero-order valence-corrected chi connectivity index (χ0v) is 19.0. The van der Waals surface area contributed by atoms with E-state index >= 15 is 0 Å². The summed E-state index contributed by atoms with van der Waals surface area (Å²) < 4.78 is 16.5. The van der Waals surface area contributed by atoms with Crippen LogP contribution in [0.4, 0.5) is 4.39 Å². The van der Waals surface area contributed by atoms with Gasteiger partial charge in [-0.2, -0.15) is 5.10 Å². The van der Waals surface area contributed by atoms with E-state index in [2.05, 4.69) is 43.6 Å². The number of rotatable bonds is 8. The number of benzene rings is 1. The van der Waals surface area contributed by atoms with Gasteiger partial charge in [0.05, 0.1) is 0 Å². The Labute approximate surface area is 180 Å². The Bertz CT molecular complexity index is 678. The van der Waals surface area contributed by atoms with Crippen LogP contribution in [0.3, 0.4) is 0 Å². The first-order valence-corrected chi connectivity index (χ1v) is 9.23. The summed E-state index contributed by atoms with van der Waals surface area (Å²) in [7, 11) is 1.75. The molecule has 2 N–H and O–H groups in total. The summed E-state index contributed by atoms with van der Waals surface area (Å²) in [5.41, 5.74) is 0.737. The molecule has 0 amide bonds. The van der Waals surface area contributed by atoms with E-state index in [0.717, 1.165) is 42.1 Å². The third kappa shape index (κ3) is 8.03. The molecular formula is C18H26BrFIN5. The Morgan fingerprint density at radius 3 is 2.85 bits per heavy atom. The smallest absolute Gasteiger partial charge is 0.190 e. The number of halogens is 3. The molecule has 5 nitrogen and oxygen atoms in total. The topological polar surface area (TPSA) is 54.2 Å². The number of nitrogens with zero attached hydrogens (tertiary/aromatic N) is 3. The van der Waals surface area contributed by atoms with Gasteiger partial charge in [-0.15, -0.1) is 24.0 Å². The van der Waals surface area contributed by atoms with E-state index in [1.807, 2.05) is 29.1 Å². The predicted octanol–water partition coefficient (Wildman–Crippen LogP) is 3.84. The standard InChI is InChI=1S/C18H25BrFN5.HI/c1-14(13-25-10-4-9-24-25)12-23-18(21-2)22-8-3-5-15-6-7-16(19)11-17(15)20;/h4,6-7,9-11,14H,3,5,8,12-13H2,1-2H3,(H2,21,22,23);1H. The zero-order chi connectivity index (χ0) is 18.1. The molecule has 0 radical (unpaired) electrons. The Balaban J connectivity index is 0.00000338. The van der Waals surface area contributed by atoms with Gasteiger partial charge in [-0.1, -0.05) is 28.9 Å². The number of guanidine groups is 1. The first kappa shape index (κ1) is 22.9. The van der Waals surface area contributed by atoms with Crippen LogP contribution in [0.1, 0.15) is 18.9 Å². The highest BCUT2D eigenvalue weighted by Gasteiger charge is 2.06. The predicted molar refractivity (Wildman–Crippen MR) is 119 cm³/mol. The minimum atomic E-state index is -0.163. The van der Waals surface area contributed by atoms with Crippen LogP contribution in [0.25, 0.3) is 0 Å². The summed E-state index contributed by atoms with van der Waals surface area (Å²) in [4.78, 5) is 4.22. The van der Waals surface area contributed by atoms with E-state index in [1.165, 1.54) is 6.07 Å². The fourth-order valence-electron chi connectivity index (χ4n) is 2.49. The van der Waals surface area contributed by atoms with Gasteiger partial charge in [0, 0.05) is 43.5 Å². The van der Waals surface area contributed by atoms with Crippen molar-refractivity contribution in [3.63, 3.8) is 0 Å². The molecule has 8 heteroatoms. The van der Waals surface area contributed by atoms with Crippen molar-refractivity contribution in [3.05, 3.63) is 52.5 Å². The van der Waals surface area contributed by atoms with Gasteiger partial charge in [0.2, 0.25) is 0 Å². The van der Waals surface area contributed by atoms with Crippen molar-refractivity contribution in [3.8, 4) is 0 Å².